The van der Waals surface area contributed by atoms with Crippen molar-refractivity contribution in [2.75, 3.05) is 10.2 Å². The van der Waals surface area contributed by atoms with Crippen LogP contribution in [0.3, 0.4) is 0 Å². The summed E-state index contributed by atoms with van der Waals surface area (Å²) < 4.78 is 28.7. The predicted octanol–water partition coefficient (Wildman–Crippen LogP) is 35.8. The van der Waals surface area contributed by atoms with Gasteiger partial charge in [0.05, 0.1) is 0 Å². The zero-order valence-corrected chi connectivity index (χ0v) is 78.7. The molecule has 0 aliphatic heterocycles. The normalized spacial score (nSPS) is 10.9. The van der Waals surface area contributed by atoms with Crippen molar-refractivity contribution in [3.63, 3.8) is 0 Å². The van der Waals surface area contributed by atoms with Gasteiger partial charge in [0.15, 0.2) is 0 Å². The Labute approximate surface area is 817 Å². The fourth-order valence-electron chi connectivity index (χ4n) is 16.7. The van der Waals surface area contributed by atoms with Gasteiger partial charge in [-0.15, -0.1) is 0 Å². The van der Waals surface area contributed by atoms with E-state index in [1.807, 2.05) is 127 Å². The number of para-hydroxylation sites is 8. The highest BCUT2D eigenvalue weighted by Crippen LogP contribution is 2.44. The molecule has 0 saturated heterocycles. The topological polar surface area (TPSA) is 108 Å². The van der Waals surface area contributed by atoms with Crippen LogP contribution in [-0.2, 0) is 0 Å². The third kappa shape index (κ3) is 20.7. The minimum Gasteiger partial charge on any atom is -0.456 e. The van der Waals surface area contributed by atoms with Crippen molar-refractivity contribution >= 4 is 199 Å². The molecular weight excluding hydrogens is 1950 g/mol. The number of nitrogens with zero attached hydrogens (tertiary/aromatic N) is 1. The smallest absolute Gasteiger partial charge is 0.456 e. The highest BCUT2D eigenvalue weighted by molar-refractivity contribution is 14.1. The van der Waals surface area contributed by atoms with Crippen LogP contribution in [0.1, 0.15) is 7.43 Å². The first-order valence-electron chi connectivity index (χ1n) is 43.6. The summed E-state index contributed by atoms with van der Waals surface area (Å²) >= 11 is 12.7. The van der Waals surface area contributed by atoms with Crippen LogP contribution in [0.15, 0.2) is 516 Å². The maximum absolute atomic E-state index is 9.24. The average molecular weight is 2040 g/mol. The Morgan fingerprint density at radius 1 is 0.224 bits per heavy atom. The van der Waals surface area contributed by atoms with E-state index in [-0.39, 0.29) is 7.43 Å². The fourth-order valence-corrected chi connectivity index (χ4v) is 18.9. The Morgan fingerprint density at radius 2 is 0.485 bits per heavy atom. The Morgan fingerprint density at radius 3 is 0.813 bits per heavy atom. The second-order valence-corrected chi connectivity index (χ2v) is 35.7. The van der Waals surface area contributed by atoms with E-state index in [4.69, 9.17) is 17.7 Å². The number of furan rings is 4. The van der Waals surface area contributed by atoms with E-state index in [2.05, 4.69) is 426 Å². The van der Waals surface area contributed by atoms with Gasteiger partial charge >= 0.3 is 7.12 Å². The van der Waals surface area contributed by atoms with Crippen LogP contribution in [0.25, 0.3) is 166 Å². The van der Waals surface area contributed by atoms with Crippen LogP contribution in [0.4, 0.5) is 28.4 Å². The lowest BCUT2D eigenvalue weighted by Gasteiger charge is -2.26. The van der Waals surface area contributed by atoms with Gasteiger partial charge in [-0.2, -0.15) is 0 Å². The van der Waals surface area contributed by atoms with Gasteiger partial charge in [0, 0.05) is 111 Å². The molecule has 4 aromatic heterocycles. The quantitative estimate of drug-likeness (QED) is 0.0774. The number of halogens is 4. The molecule has 13 heteroatoms. The lowest BCUT2D eigenvalue weighted by molar-refractivity contribution is 0.425. The SMILES string of the molecule is Brc1cccc(-c2cccc3c2oc2ccccc23)c1.Brc1cccc(-c2cccc3c2oc2ccccc23)c1.Brc1cccc(I)c1.C.OB(O)c1cccc2c1oc1ccccc12.c1ccc(-c2ccc(N(c3ccc(-c4ccccc4)cc3)c3cccc(-c4cccc5c4oc4ccccc45)c3)cc2)cc1.c1ccc(-c2ccc(Nc3ccc(-c4ccccc4)cc3)cc2)cc1. The van der Waals surface area contributed by atoms with Gasteiger partial charge in [0.25, 0.3) is 0 Å². The lowest BCUT2D eigenvalue weighted by Crippen LogP contribution is -2.29. The standard InChI is InChI=1S/C42H29NO.C24H19N.2C18H11BrO.C12H9BO3.C6H4BrI.CH4/c1-3-11-30(12-4-1)32-21-25-35(26-22-32)43(36-27-23-33(24-28-36)31-13-5-2-6-14-31)37-16-9-15-34(29-37)38-18-10-19-40-39-17-7-8-20-41(39)44-42(38)40;1-3-7-19(8-4-1)21-11-15-23(16-12-21)25-24-17-13-22(14-18-24)20-9-5-2-6-10-20;2*19-13-6-3-5-12(11-13)14-8-4-9-16-15-7-1-2-10-17(15)20-18(14)16;14-13(15)10-6-3-5-9-8-4-1-2-7-11(8)16-12(9)10;7-5-2-1-3-6(8)4-5;/h1-29H;1-18,25H;2*1-11H;1-7,14-15H;1-4H;1H4. The van der Waals surface area contributed by atoms with E-state index in [0.29, 0.717) is 11.0 Å². The second kappa shape index (κ2) is 42.3. The van der Waals surface area contributed by atoms with Gasteiger partial charge in [-0.25, -0.2) is 0 Å². The predicted molar refractivity (Wildman–Crippen MR) is 583 cm³/mol. The van der Waals surface area contributed by atoms with Crippen molar-refractivity contribution in [3.05, 3.63) is 502 Å². The molecule has 0 atom stereocenters. The monoisotopic (exact) mass is 2040 g/mol. The van der Waals surface area contributed by atoms with Crippen LogP contribution in [0.5, 0.6) is 0 Å². The molecule has 0 radical (unpaired) electrons. The molecule has 0 unspecified atom stereocenters. The molecule has 24 aromatic rings. The van der Waals surface area contributed by atoms with Crippen molar-refractivity contribution in [2.45, 2.75) is 7.43 Å². The minimum atomic E-state index is -1.51. The summed E-state index contributed by atoms with van der Waals surface area (Å²) in [5.74, 6) is 0. The molecule has 4 heterocycles. The van der Waals surface area contributed by atoms with Gasteiger partial charge in [0.1, 0.15) is 44.7 Å². The van der Waals surface area contributed by atoms with Crippen molar-refractivity contribution in [2.24, 2.45) is 0 Å². The first-order chi connectivity index (χ1) is 65.4. The number of fused-ring (bicyclic) bond motifs is 12. The molecule has 3 N–H and O–H groups in total. The molecule has 20 aromatic carbocycles. The summed E-state index contributed by atoms with van der Waals surface area (Å²) in [6.45, 7) is 0. The highest BCUT2D eigenvalue weighted by Gasteiger charge is 2.22. The first kappa shape index (κ1) is 89.9. The lowest BCUT2D eigenvalue weighted by atomic mass is 9.79. The third-order valence-corrected chi connectivity index (χ3v) is 25.3. The van der Waals surface area contributed by atoms with E-state index in [1.165, 1.54) is 58.9 Å². The van der Waals surface area contributed by atoms with Crippen LogP contribution >= 0.6 is 70.4 Å². The highest BCUT2D eigenvalue weighted by atomic mass is 127. The molecule has 0 spiro atoms. The van der Waals surface area contributed by atoms with E-state index in [1.54, 1.807) is 12.1 Å². The summed E-state index contributed by atoms with van der Waals surface area (Å²) in [4.78, 5) is 2.33. The minimum absolute atomic E-state index is 0. The molecule has 0 fully saturated rings. The van der Waals surface area contributed by atoms with Crippen LogP contribution < -0.4 is 15.7 Å². The van der Waals surface area contributed by atoms with Crippen LogP contribution in [-0.4, -0.2) is 17.2 Å². The number of nitrogens with one attached hydrogen (secondary N) is 1. The molecule has 648 valence electrons. The number of rotatable bonds is 13. The maximum Gasteiger partial charge on any atom is 0.492 e. The summed E-state index contributed by atoms with van der Waals surface area (Å²) in [5, 5.41) is 30.8. The van der Waals surface area contributed by atoms with Crippen LogP contribution in [0, 0.1) is 3.57 Å². The largest absolute Gasteiger partial charge is 0.492 e. The third-order valence-electron chi connectivity index (χ3n) is 23.1. The molecule has 0 bridgehead atoms. The molecule has 0 amide bonds. The van der Waals surface area contributed by atoms with Gasteiger partial charge in [0.2, 0.25) is 0 Å². The molecule has 0 aliphatic carbocycles. The van der Waals surface area contributed by atoms with Crippen molar-refractivity contribution < 1.29 is 27.7 Å². The van der Waals surface area contributed by atoms with Crippen molar-refractivity contribution in [1.29, 1.82) is 0 Å². The summed E-state index contributed by atoms with van der Waals surface area (Å²) in [7, 11) is -1.51. The number of hydrogen-bond acceptors (Lipinski definition) is 8. The Bertz CT molecular complexity index is 7780. The number of hydrogen-bond donors (Lipinski definition) is 3. The average Bonchev–Trinajstić information content (AvgIpc) is 1.62. The van der Waals surface area contributed by atoms with E-state index < -0.39 is 7.12 Å². The van der Waals surface area contributed by atoms with Gasteiger partial charge in [-0.05, 0) is 211 Å². The zero-order valence-electron chi connectivity index (χ0n) is 71.8. The molecule has 134 heavy (non-hydrogen) atoms. The first-order valence-corrected chi connectivity index (χ1v) is 47.1. The molecule has 0 aliphatic rings. The van der Waals surface area contributed by atoms with Crippen LogP contribution in [0.2, 0.25) is 0 Å². The Hall–Kier alpha value is -14.6. The molecular formula is C121H87BBr3IN2O6. The second-order valence-electron chi connectivity index (χ2n) is 31.7. The van der Waals surface area contributed by atoms with E-state index >= 15 is 0 Å². The van der Waals surface area contributed by atoms with Gasteiger partial charge < -0.3 is 37.9 Å². The molecule has 8 nitrogen and oxygen atoms in total. The Balaban J connectivity index is 0.000000115. The number of anilines is 5. The summed E-state index contributed by atoms with van der Waals surface area (Å²) in [6, 6.07) is 167. The van der Waals surface area contributed by atoms with Gasteiger partial charge in [-0.1, -0.05) is 413 Å². The van der Waals surface area contributed by atoms with E-state index in [0.717, 1.165) is 147 Å². The van der Waals surface area contributed by atoms with E-state index in [9.17, 15) is 10.0 Å². The molecule has 0 saturated carbocycles. The summed E-state index contributed by atoms with van der Waals surface area (Å²) in [5.41, 5.74) is 29.2. The zero-order chi connectivity index (χ0) is 90.4. The van der Waals surface area contributed by atoms with Crippen molar-refractivity contribution in [1.82, 2.24) is 0 Å². The summed E-state index contributed by atoms with van der Waals surface area (Å²) in [6.07, 6.45) is 0. The number of benzene rings is 20. The van der Waals surface area contributed by atoms with Crippen molar-refractivity contribution in [3.8, 4) is 77.9 Å². The van der Waals surface area contributed by atoms with Gasteiger partial charge in [-0.3, -0.25) is 0 Å². The maximum atomic E-state index is 9.24. The Kier molecular flexibility index (Phi) is 28.4. The fraction of sp³-hybridized carbons (Fsp3) is 0.00826. The molecule has 24 rings (SSSR count).